The number of carbonyl (C=O) groups is 1. The summed E-state index contributed by atoms with van der Waals surface area (Å²) in [6.45, 7) is 2.05. The van der Waals surface area contributed by atoms with E-state index in [9.17, 15) is 4.79 Å². The Bertz CT molecular complexity index is 989. The third-order valence-electron chi connectivity index (χ3n) is 4.57. The lowest BCUT2D eigenvalue weighted by molar-refractivity contribution is 0.0901. The normalized spacial score (nSPS) is 18.4. The third kappa shape index (κ3) is 2.63. The summed E-state index contributed by atoms with van der Waals surface area (Å²) in [5, 5.41) is 6.96. The van der Waals surface area contributed by atoms with Crippen LogP contribution in [-0.4, -0.2) is 27.6 Å². The van der Waals surface area contributed by atoms with Crippen molar-refractivity contribution >= 4 is 5.91 Å². The van der Waals surface area contributed by atoms with Crippen LogP contribution in [0.2, 0.25) is 0 Å². The van der Waals surface area contributed by atoms with Gasteiger partial charge in [0, 0.05) is 24.0 Å². The SMILES string of the molecule is Cc1ncc(C(=O)N[C@@H]2COc3cc(-c4noc(C5CC5)n4)ccc32)o1. The summed E-state index contributed by atoms with van der Waals surface area (Å²) in [5.74, 6) is 2.71. The van der Waals surface area contributed by atoms with Gasteiger partial charge in [0.25, 0.3) is 5.91 Å². The van der Waals surface area contributed by atoms with E-state index in [1.807, 2.05) is 18.2 Å². The average molecular weight is 352 g/mol. The van der Waals surface area contributed by atoms with Crippen molar-refractivity contribution in [3.8, 4) is 17.1 Å². The predicted molar refractivity (Wildman–Crippen MR) is 88.7 cm³/mol. The van der Waals surface area contributed by atoms with Crippen molar-refractivity contribution < 1.29 is 18.5 Å². The lowest BCUT2D eigenvalue weighted by atomic mass is 10.1. The number of ether oxygens (including phenoxy) is 1. The van der Waals surface area contributed by atoms with Gasteiger partial charge in [0.2, 0.25) is 17.5 Å². The van der Waals surface area contributed by atoms with Gasteiger partial charge in [0.15, 0.2) is 5.89 Å². The zero-order chi connectivity index (χ0) is 17.7. The van der Waals surface area contributed by atoms with Crippen molar-refractivity contribution in [2.45, 2.75) is 31.7 Å². The second kappa shape index (κ2) is 5.69. The molecule has 8 nitrogen and oxygen atoms in total. The number of oxazole rings is 1. The lowest BCUT2D eigenvalue weighted by Gasteiger charge is -2.10. The molecule has 1 amide bonds. The molecule has 5 rings (SSSR count). The zero-order valence-corrected chi connectivity index (χ0v) is 14.1. The van der Waals surface area contributed by atoms with E-state index in [0.29, 0.717) is 35.9 Å². The zero-order valence-electron chi connectivity index (χ0n) is 14.1. The van der Waals surface area contributed by atoms with Crippen LogP contribution in [0.15, 0.2) is 33.3 Å². The molecular formula is C18H16N4O4. The number of hydrogen-bond acceptors (Lipinski definition) is 7. The highest BCUT2D eigenvalue weighted by molar-refractivity contribution is 5.91. The molecule has 0 spiro atoms. The molecule has 0 unspecified atom stereocenters. The second-order valence-corrected chi connectivity index (χ2v) is 6.56. The van der Waals surface area contributed by atoms with Crippen molar-refractivity contribution in [3.63, 3.8) is 0 Å². The predicted octanol–water partition coefficient (Wildman–Crippen LogP) is 2.77. The minimum Gasteiger partial charge on any atom is -0.491 e. The Morgan fingerprint density at radius 2 is 2.19 bits per heavy atom. The number of carbonyl (C=O) groups excluding carboxylic acids is 1. The topological polar surface area (TPSA) is 103 Å². The fourth-order valence-corrected chi connectivity index (χ4v) is 3.01. The van der Waals surface area contributed by atoms with Gasteiger partial charge in [0.1, 0.15) is 12.4 Å². The van der Waals surface area contributed by atoms with Crippen LogP contribution in [-0.2, 0) is 0 Å². The van der Waals surface area contributed by atoms with Crippen molar-refractivity contribution in [3.05, 3.63) is 47.5 Å². The standard InChI is InChI=1S/C18H16N4O4/c1-9-19-7-15(25-9)17(23)20-13-8-24-14-6-11(4-5-12(13)14)16-21-18(26-22-16)10-2-3-10/h4-7,10,13H,2-3,8H2,1H3,(H,20,23)/t13-/m1/s1. The summed E-state index contributed by atoms with van der Waals surface area (Å²) >= 11 is 0. The summed E-state index contributed by atoms with van der Waals surface area (Å²) in [7, 11) is 0. The molecule has 0 saturated heterocycles. The van der Waals surface area contributed by atoms with Crippen LogP contribution >= 0.6 is 0 Å². The number of benzene rings is 1. The van der Waals surface area contributed by atoms with Gasteiger partial charge in [-0.25, -0.2) is 4.98 Å². The number of fused-ring (bicyclic) bond motifs is 1. The molecule has 3 heterocycles. The number of aromatic nitrogens is 3. The molecule has 132 valence electrons. The van der Waals surface area contributed by atoms with E-state index < -0.39 is 0 Å². The summed E-state index contributed by atoms with van der Waals surface area (Å²) < 4.78 is 16.3. The molecule has 26 heavy (non-hydrogen) atoms. The van der Waals surface area contributed by atoms with Crippen LogP contribution in [0.5, 0.6) is 5.75 Å². The van der Waals surface area contributed by atoms with Crippen LogP contribution < -0.4 is 10.1 Å². The first-order chi connectivity index (χ1) is 12.7. The van der Waals surface area contributed by atoms with E-state index in [2.05, 4.69) is 20.4 Å². The fraction of sp³-hybridized carbons (Fsp3) is 0.333. The highest BCUT2D eigenvalue weighted by Crippen LogP contribution is 2.40. The molecule has 1 saturated carbocycles. The van der Waals surface area contributed by atoms with Crippen LogP contribution in [0.1, 0.15) is 52.7 Å². The Labute approximate surface area is 148 Å². The molecule has 1 fully saturated rings. The maximum absolute atomic E-state index is 12.3. The first-order valence-corrected chi connectivity index (χ1v) is 8.51. The Morgan fingerprint density at radius 3 is 2.96 bits per heavy atom. The Kier molecular flexibility index (Phi) is 3.31. The summed E-state index contributed by atoms with van der Waals surface area (Å²) in [4.78, 5) is 20.6. The van der Waals surface area contributed by atoms with E-state index >= 15 is 0 Å². The van der Waals surface area contributed by atoms with E-state index in [1.54, 1.807) is 6.92 Å². The number of hydrogen-bond donors (Lipinski definition) is 1. The summed E-state index contributed by atoms with van der Waals surface area (Å²) in [6, 6.07) is 5.46. The molecule has 0 radical (unpaired) electrons. The molecule has 1 aromatic carbocycles. The van der Waals surface area contributed by atoms with Crippen LogP contribution in [0, 0.1) is 6.92 Å². The second-order valence-electron chi connectivity index (χ2n) is 6.56. The molecule has 1 aliphatic heterocycles. The Balaban J connectivity index is 1.35. The highest BCUT2D eigenvalue weighted by Gasteiger charge is 2.31. The van der Waals surface area contributed by atoms with Crippen molar-refractivity contribution in [1.29, 1.82) is 0 Å². The van der Waals surface area contributed by atoms with Gasteiger partial charge in [-0.1, -0.05) is 17.3 Å². The molecule has 2 aliphatic rings. The molecular weight excluding hydrogens is 336 g/mol. The minimum atomic E-state index is -0.316. The first-order valence-electron chi connectivity index (χ1n) is 8.51. The van der Waals surface area contributed by atoms with Gasteiger partial charge in [-0.05, 0) is 18.9 Å². The monoisotopic (exact) mass is 352 g/mol. The number of nitrogens with one attached hydrogen (secondary N) is 1. The summed E-state index contributed by atoms with van der Waals surface area (Å²) in [6.07, 6.45) is 3.64. The maximum atomic E-state index is 12.3. The summed E-state index contributed by atoms with van der Waals surface area (Å²) in [5.41, 5.74) is 1.74. The molecule has 8 heteroatoms. The Morgan fingerprint density at radius 1 is 1.31 bits per heavy atom. The molecule has 1 atom stereocenters. The number of aryl methyl sites for hydroxylation is 1. The van der Waals surface area contributed by atoms with Crippen molar-refractivity contribution in [1.82, 2.24) is 20.4 Å². The average Bonchev–Trinajstić information content (AvgIpc) is 3.06. The van der Waals surface area contributed by atoms with E-state index in [0.717, 1.165) is 24.0 Å². The molecule has 1 N–H and O–H groups in total. The quantitative estimate of drug-likeness (QED) is 0.770. The molecule has 2 aromatic heterocycles. The minimum absolute atomic E-state index is 0.187. The van der Waals surface area contributed by atoms with E-state index in [-0.39, 0.29) is 17.7 Å². The first kappa shape index (κ1) is 15.1. The fourth-order valence-electron chi connectivity index (χ4n) is 3.01. The smallest absolute Gasteiger partial charge is 0.289 e. The van der Waals surface area contributed by atoms with Gasteiger partial charge in [-0.15, -0.1) is 0 Å². The molecule has 1 aliphatic carbocycles. The molecule has 3 aromatic rings. The number of rotatable bonds is 4. The van der Waals surface area contributed by atoms with Gasteiger partial charge in [-0.2, -0.15) is 4.98 Å². The highest BCUT2D eigenvalue weighted by atomic mass is 16.5. The van der Waals surface area contributed by atoms with Crippen LogP contribution in [0.25, 0.3) is 11.4 Å². The van der Waals surface area contributed by atoms with Crippen molar-refractivity contribution in [2.75, 3.05) is 6.61 Å². The lowest BCUT2D eigenvalue weighted by Crippen LogP contribution is -2.29. The maximum Gasteiger partial charge on any atom is 0.289 e. The van der Waals surface area contributed by atoms with Gasteiger partial charge in [-0.3, -0.25) is 4.79 Å². The Hall–Kier alpha value is -3.16. The molecule has 0 bridgehead atoms. The number of nitrogens with zero attached hydrogens (tertiary/aromatic N) is 3. The van der Waals surface area contributed by atoms with Crippen LogP contribution in [0.3, 0.4) is 0 Å². The van der Waals surface area contributed by atoms with Crippen LogP contribution in [0.4, 0.5) is 0 Å². The van der Waals surface area contributed by atoms with Gasteiger partial charge < -0.3 is 19.0 Å². The third-order valence-corrected chi connectivity index (χ3v) is 4.57. The number of amides is 1. The van der Waals surface area contributed by atoms with Crippen molar-refractivity contribution in [2.24, 2.45) is 0 Å². The van der Waals surface area contributed by atoms with Gasteiger partial charge >= 0.3 is 0 Å². The van der Waals surface area contributed by atoms with Gasteiger partial charge in [0.05, 0.1) is 12.2 Å². The largest absolute Gasteiger partial charge is 0.491 e. The van der Waals surface area contributed by atoms with E-state index in [1.165, 1.54) is 6.20 Å². The van der Waals surface area contributed by atoms with E-state index in [4.69, 9.17) is 13.7 Å².